The van der Waals surface area contributed by atoms with Gasteiger partial charge < -0.3 is 10.2 Å². The highest BCUT2D eigenvalue weighted by atomic mass is 32.2. The number of rotatable bonds is 9. The molecular formula is C25H36N4O4S2. The van der Waals surface area contributed by atoms with Gasteiger partial charge in [0, 0.05) is 43.0 Å². The molecule has 192 valence electrons. The highest BCUT2D eigenvalue weighted by molar-refractivity contribution is 8.00. The molecule has 1 aliphatic heterocycles. The molecule has 1 saturated carbocycles. The quantitative estimate of drug-likeness (QED) is 0.393. The van der Waals surface area contributed by atoms with E-state index in [1.165, 1.54) is 11.8 Å². The SMILES string of the molecule is CC(C)N1CCN(C(=O)CSc2ccc(S(=O)(=O)CC3CCCCC3C(=O)NCC#N)cc2)CC1. The molecule has 1 heterocycles. The summed E-state index contributed by atoms with van der Waals surface area (Å²) in [6.45, 7) is 7.53. The van der Waals surface area contributed by atoms with E-state index in [0.29, 0.717) is 24.6 Å². The van der Waals surface area contributed by atoms with Crippen molar-refractivity contribution in [2.45, 2.75) is 55.4 Å². The molecule has 8 nitrogen and oxygen atoms in total. The molecule has 2 fully saturated rings. The van der Waals surface area contributed by atoms with E-state index in [9.17, 15) is 18.0 Å². The molecular weight excluding hydrogens is 484 g/mol. The topological polar surface area (TPSA) is 111 Å². The molecule has 0 bridgehead atoms. The molecule has 3 rings (SSSR count). The van der Waals surface area contributed by atoms with Gasteiger partial charge in [-0.15, -0.1) is 11.8 Å². The smallest absolute Gasteiger partial charge is 0.233 e. The van der Waals surface area contributed by atoms with Crippen molar-refractivity contribution < 1.29 is 18.0 Å². The molecule has 1 aromatic carbocycles. The van der Waals surface area contributed by atoms with E-state index in [2.05, 4.69) is 24.1 Å². The first-order valence-electron chi connectivity index (χ1n) is 12.3. The van der Waals surface area contributed by atoms with E-state index in [0.717, 1.165) is 43.9 Å². The molecule has 0 aromatic heterocycles. The largest absolute Gasteiger partial charge is 0.343 e. The van der Waals surface area contributed by atoms with E-state index >= 15 is 0 Å². The summed E-state index contributed by atoms with van der Waals surface area (Å²) < 4.78 is 26.2. The number of sulfone groups is 1. The fourth-order valence-corrected chi connectivity index (χ4v) is 7.36. The molecule has 1 aliphatic carbocycles. The molecule has 1 saturated heterocycles. The summed E-state index contributed by atoms with van der Waals surface area (Å²) in [4.78, 5) is 30.4. The predicted molar refractivity (Wildman–Crippen MR) is 137 cm³/mol. The fraction of sp³-hybridized carbons (Fsp3) is 0.640. The minimum atomic E-state index is -3.56. The molecule has 0 spiro atoms. The number of hydrogen-bond donors (Lipinski definition) is 1. The van der Waals surface area contributed by atoms with Crippen molar-refractivity contribution in [2.24, 2.45) is 11.8 Å². The van der Waals surface area contributed by atoms with Gasteiger partial charge in [0.15, 0.2) is 9.84 Å². The number of hydrogen-bond acceptors (Lipinski definition) is 7. The predicted octanol–water partition coefficient (Wildman–Crippen LogP) is 2.55. The Morgan fingerprint density at radius 1 is 1.11 bits per heavy atom. The van der Waals surface area contributed by atoms with E-state index < -0.39 is 9.84 Å². The Hall–Kier alpha value is -2.09. The Labute approximate surface area is 213 Å². The first kappa shape index (κ1) is 27.5. The zero-order valence-corrected chi connectivity index (χ0v) is 22.2. The Morgan fingerprint density at radius 3 is 2.40 bits per heavy atom. The third-order valence-electron chi connectivity index (χ3n) is 6.96. The van der Waals surface area contributed by atoms with Crippen LogP contribution in [0.5, 0.6) is 0 Å². The van der Waals surface area contributed by atoms with E-state index in [-0.39, 0.29) is 40.8 Å². The molecule has 2 atom stereocenters. The molecule has 0 radical (unpaired) electrons. The average Bonchev–Trinajstić information content (AvgIpc) is 2.86. The highest BCUT2D eigenvalue weighted by Gasteiger charge is 2.34. The van der Waals surface area contributed by atoms with Crippen LogP contribution in [0.2, 0.25) is 0 Å². The van der Waals surface area contributed by atoms with Crippen molar-refractivity contribution in [3.8, 4) is 6.07 Å². The second-order valence-corrected chi connectivity index (χ2v) is 12.7. The standard InChI is InChI=1S/C25H36N4O4S2/c1-19(2)28-13-15-29(16-14-28)24(30)17-34-21-7-9-22(10-8-21)35(32,33)18-20-5-3-4-6-23(20)25(31)27-12-11-26/h7-10,19-20,23H,3-6,12-18H2,1-2H3,(H,27,31). The van der Waals surface area contributed by atoms with E-state index in [4.69, 9.17) is 5.26 Å². The summed E-state index contributed by atoms with van der Waals surface area (Å²) in [5.41, 5.74) is 0. The third-order valence-corrected chi connectivity index (χ3v) is 9.82. The summed E-state index contributed by atoms with van der Waals surface area (Å²) in [6.07, 6.45) is 3.12. The fourth-order valence-electron chi connectivity index (χ4n) is 4.86. The first-order valence-corrected chi connectivity index (χ1v) is 15.0. The monoisotopic (exact) mass is 520 g/mol. The van der Waals surface area contributed by atoms with Crippen LogP contribution in [-0.2, 0) is 19.4 Å². The maximum atomic E-state index is 13.1. The second-order valence-electron chi connectivity index (χ2n) is 9.58. The lowest BCUT2D eigenvalue weighted by molar-refractivity contribution is -0.130. The third kappa shape index (κ3) is 7.69. The van der Waals surface area contributed by atoms with Crippen LogP contribution in [0.1, 0.15) is 39.5 Å². The van der Waals surface area contributed by atoms with Crippen LogP contribution >= 0.6 is 11.8 Å². The van der Waals surface area contributed by atoms with Gasteiger partial charge in [-0.25, -0.2) is 8.42 Å². The lowest BCUT2D eigenvalue weighted by Crippen LogP contribution is -2.51. The number of nitrogens with zero attached hydrogens (tertiary/aromatic N) is 3. The zero-order valence-electron chi connectivity index (χ0n) is 20.6. The van der Waals surface area contributed by atoms with Gasteiger partial charge in [-0.3, -0.25) is 14.5 Å². The van der Waals surface area contributed by atoms with Gasteiger partial charge >= 0.3 is 0 Å². The summed E-state index contributed by atoms with van der Waals surface area (Å²) in [5.74, 6) is -0.507. The van der Waals surface area contributed by atoms with Crippen molar-refractivity contribution in [1.82, 2.24) is 15.1 Å². The summed E-state index contributed by atoms with van der Waals surface area (Å²) in [6, 6.07) is 9.07. The molecule has 35 heavy (non-hydrogen) atoms. The first-order chi connectivity index (χ1) is 16.7. The number of carbonyl (C=O) groups excluding carboxylic acids is 2. The lowest BCUT2D eigenvalue weighted by atomic mass is 9.80. The molecule has 1 aromatic rings. The van der Waals surface area contributed by atoms with Crippen LogP contribution in [0.3, 0.4) is 0 Å². The number of nitriles is 1. The maximum absolute atomic E-state index is 13.1. The van der Waals surface area contributed by atoms with Gasteiger partial charge in [-0.1, -0.05) is 12.8 Å². The average molecular weight is 521 g/mol. The number of carbonyl (C=O) groups is 2. The van der Waals surface area contributed by atoms with Crippen LogP contribution in [0, 0.1) is 23.2 Å². The van der Waals surface area contributed by atoms with Crippen LogP contribution in [0.4, 0.5) is 0 Å². The second kappa shape index (κ2) is 12.7. The van der Waals surface area contributed by atoms with Crippen molar-refractivity contribution in [3.63, 3.8) is 0 Å². The van der Waals surface area contributed by atoms with Gasteiger partial charge in [0.25, 0.3) is 0 Å². The number of piperazine rings is 1. The lowest BCUT2D eigenvalue weighted by Gasteiger charge is -2.36. The summed E-state index contributed by atoms with van der Waals surface area (Å²) in [7, 11) is -3.56. The van der Waals surface area contributed by atoms with Gasteiger partial charge in [-0.2, -0.15) is 5.26 Å². The van der Waals surface area contributed by atoms with Gasteiger partial charge in [-0.05, 0) is 56.9 Å². The number of amides is 2. The Bertz CT molecular complexity index is 1010. The van der Waals surface area contributed by atoms with Crippen molar-refractivity contribution in [2.75, 3.05) is 44.2 Å². The Kier molecular flexibility index (Phi) is 10.0. The zero-order chi connectivity index (χ0) is 25.4. The van der Waals surface area contributed by atoms with E-state index in [1.807, 2.05) is 11.0 Å². The number of benzene rings is 1. The summed E-state index contributed by atoms with van der Waals surface area (Å²) >= 11 is 1.42. The van der Waals surface area contributed by atoms with Crippen molar-refractivity contribution in [3.05, 3.63) is 24.3 Å². The van der Waals surface area contributed by atoms with Gasteiger partial charge in [0.1, 0.15) is 6.54 Å². The van der Waals surface area contributed by atoms with Crippen LogP contribution in [0.25, 0.3) is 0 Å². The minimum absolute atomic E-state index is 0.0649. The highest BCUT2D eigenvalue weighted by Crippen LogP contribution is 2.33. The normalized spacial score (nSPS) is 21.5. The molecule has 2 unspecified atom stereocenters. The van der Waals surface area contributed by atoms with E-state index in [1.54, 1.807) is 24.3 Å². The van der Waals surface area contributed by atoms with Gasteiger partial charge in [0.05, 0.1) is 22.5 Å². The molecule has 2 aliphatic rings. The minimum Gasteiger partial charge on any atom is -0.343 e. The van der Waals surface area contributed by atoms with Crippen molar-refractivity contribution >= 4 is 33.4 Å². The van der Waals surface area contributed by atoms with Crippen LogP contribution in [0.15, 0.2) is 34.1 Å². The summed E-state index contributed by atoms with van der Waals surface area (Å²) in [5, 5.41) is 11.3. The number of nitrogens with one attached hydrogen (secondary N) is 1. The number of thioether (sulfide) groups is 1. The Balaban J connectivity index is 1.54. The Morgan fingerprint density at radius 2 is 1.77 bits per heavy atom. The molecule has 2 amide bonds. The van der Waals surface area contributed by atoms with Crippen LogP contribution in [-0.4, -0.2) is 80.3 Å². The molecule has 1 N–H and O–H groups in total. The van der Waals surface area contributed by atoms with Crippen molar-refractivity contribution in [1.29, 1.82) is 5.26 Å². The van der Waals surface area contributed by atoms with Gasteiger partial charge in [0.2, 0.25) is 11.8 Å². The molecule has 10 heteroatoms. The van der Waals surface area contributed by atoms with Crippen LogP contribution < -0.4 is 5.32 Å². The maximum Gasteiger partial charge on any atom is 0.233 e.